The van der Waals surface area contributed by atoms with Gasteiger partial charge in [-0.15, -0.1) is 0 Å². The van der Waals surface area contributed by atoms with Crippen LogP contribution in [-0.2, 0) is 11.2 Å². The van der Waals surface area contributed by atoms with E-state index in [0.717, 1.165) is 49.5 Å². The number of hydrogen-bond donors (Lipinski definition) is 1. The third-order valence-electron chi connectivity index (χ3n) is 3.59. The molecule has 1 aliphatic heterocycles. The van der Waals surface area contributed by atoms with E-state index in [2.05, 4.69) is 11.4 Å². The molecule has 2 rings (SSSR count). The summed E-state index contributed by atoms with van der Waals surface area (Å²) in [6, 6.07) is 6.01. The van der Waals surface area contributed by atoms with Crippen molar-refractivity contribution in [2.75, 3.05) is 32.8 Å². The Morgan fingerprint density at radius 1 is 1.35 bits per heavy atom. The molecule has 0 unspecified atom stereocenters. The average Bonchev–Trinajstić information content (AvgIpc) is 2.71. The lowest BCUT2D eigenvalue weighted by Gasteiger charge is -2.20. The van der Waals surface area contributed by atoms with Crippen LogP contribution in [-0.4, -0.2) is 43.6 Å². The smallest absolute Gasteiger partial charge is 0.227 e. The topological polar surface area (TPSA) is 41.6 Å². The van der Waals surface area contributed by atoms with Gasteiger partial charge in [-0.3, -0.25) is 4.79 Å². The SMILES string of the molecule is CCOc1ccc(CC(=O)N2CCCNCC2)cc1C. The minimum Gasteiger partial charge on any atom is -0.494 e. The van der Waals surface area contributed by atoms with E-state index < -0.39 is 0 Å². The Balaban J connectivity index is 1.98. The van der Waals surface area contributed by atoms with Crippen LogP contribution in [0, 0.1) is 6.92 Å². The van der Waals surface area contributed by atoms with E-state index in [-0.39, 0.29) is 5.91 Å². The van der Waals surface area contributed by atoms with E-state index in [1.54, 1.807) is 0 Å². The molecule has 1 saturated heterocycles. The first-order valence-corrected chi connectivity index (χ1v) is 7.41. The molecule has 0 aliphatic carbocycles. The van der Waals surface area contributed by atoms with Crippen LogP contribution in [0.1, 0.15) is 24.5 Å². The maximum atomic E-state index is 12.3. The van der Waals surface area contributed by atoms with Crippen LogP contribution in [0.5, 0.6) is 5.75 Å². The van der Waals surface area contributed by atoms with Crippen molar-refractivity contribution in [3.8, 4) is 5.75 Å². The van der Waals surface area contributed by atoms with Gasteiger partial charge in [0.2, 0.25) is 5.91 Å². The number of benzene rings is 1. The molecule has 1 amide bonds. The van der Waals surface area contributed by atoms with E-state index in [0.29, 0.717) is 13.0 Å². The Labute approximate surface area is 121 Å². The van der Waals surface area contributed by atoms with Crippen molar-refractivity contribution >= 4 is 5.91 Å². The minimum atomic E-state index is 0.220. The van der Waals surface area contributed by atoms with Gasteiger partial charge in [0.15, 0.2) is 0 Å². The first-order chi connectivity index (χ1) is 9.70. The number of nitrogens with zero attached hydrogens (tertiary/aromatic N) is 1. The third kappa shape index (κ3) is 3.97. The molecule has 1 heterocycles. The summed E-state index contributed by atoms with van der Waals surface area (Å²) in [5.41, 5.74) is 2.16. The predicted octanol–water partition coefficient (Wildman–Crippen LogP) is 1.76. The molecule has 1 fully saturated rings. The standard InChI is InChI=1S/C16H24N2O2/c1-3-20-15-6-5-14(11-13(15)2)12-16(19)18-9-4-7-17-8-10-18/h5-6,11,17H,3-4,7-10,12H2,1-2H3. The van der Waals surface area contributed by atoms with Gasteiger partial charge in [-0.25, -0.2) is 0 Å². The second-order valence-corrected chi connectivity index (χ2v) is 5.19. The monoisotopic (exact) mass is 276 g/mol. The zero-order chi connectivity index (χ0) is 14.4. The van der Waals surface area contributed by atoms with Gasteiger partial charge < -0.3 is 15.0 Å². The molecule has 1 N–H and O–H groups in total. The maximum absolute atomic E-state index is 12.3. The van der Waals surface area contributed by atoms with Gasteiger partial charge in [0, 0.05) is 19.6 Å². The van der Waals surface area contributed by atoms with Crippen LogP contribution in [0.15, 0.2) is 18.2 Å². The summed E-state index contributed by atoms with van der Waals surface area (Å²) in [7, 11) is 0. The molecule has 20 heavy (non-hydrogen) atoms. The zero-order valence-electron chi connectivity index (χ0n) is 12.4. The highest BCUT2D eigenvalue weighted by Gasteiger charge is 2.15. The third-order valence-corrected chi connectivity index (χ3v) is 3.59. The maximum Gasteiger partial charge on any atom is 0.227 e. The van der Waals surface area contributed by atoms with E-state index >= 15 is 0 Å². The minimum absolute atomic E-state index is 0.220. The number of carbonyl (C=O) groups is 1. The highest BCUT2D eigenvalue weighted by atomic mass is 16.5. The number of ether oxygens (including phenoxy) is 1. The number of aryl methyl sites for hydroxylation is 1. The summed E-state index contributed by atoms with van der Waals surface area (Å²) in [6.45, 7) is 8.25. The Morgan fingerprint density at radius 3 is 2.95 bits per heavy atom. The second-order valence-electron chi connectivity index (χ2n) is 5.19. The fourth-order valence-corrected chi connectivity index (χ4v) is 2.52. The summed E-state index contributed by atoms with van der Waals surface area (Å²) < 4.78 is 5.53. The van der Waals surface area contributed by atoms with Crippen LogP contribution in [0.3, 0.4) is 0 Å². The zero-order valence-corrected chi connectivity index (χ0v) is 12.4. The summed E-state index contributed by atoms with van der Waals surface area (Å²) in [5.74, 6) is 1.12. The van der Waals surface area contributed by atoms with Gasteiger partial charge in [-0.1, -0.05) is 12.1 Å². The van der Waals surface area contributed by atoms with Gasteiger partial charge in [0.1, 0.15) is 5.75 Å². The molecule has 0 saturated carbocycles. The van der Waals surface area contributed by atoms with E-state index in [1.165, 1.54) is 0 Å². The highest BCUT2D eigenvalue weighted by molar-refractivity contribution is 5.79. The Bertz CT molecular complexity index is 452. The molecule has 4 heteroatoms. The summed E-state index contributed by atoms with van der Waals surface area (Å²) in [5, 5.41) is 3.32. The molecular weight excluding hydrogens is 252 g/mol. The molecule has 1 aromatic rings. The Kier molecular flexibility index (Phi) is 5.41. The van der Waals surface area contributed by atoms with Crippen LogP contribution in [0.4, 0.5) is 0 Å². The Morgan fingerprint density at radius 2 is 2.20 bits per heavy atom. The molecule has 1 aliphatic rings. The van der Waals surface area contributed by atoms with Gasteiger partial charge >= 0.3 is 0 Å². The Hall–Kier alpha value is -1.55. The van der Waals surface area contributed by atoms with E-state index in [1.807, 2.05) is 30.9 Å². The molecule has 0 spiro atoms. The highest BCUT2D eigenvalue weighted by Crippen LogP contribution is 2.19. The largest absolute Gasteiger partial charge is 0.494 e. The number of nitrogens with one attached hydrogen (secondary N) is 1. The first-order valence-electron chi connectivity index (χ1n) is 7.41. The number of amides is 1. The lowest BCUT2D eigenvalue weighted by Crippen LogP contribution is -2.35. The van der Waals surface area contributed by atoms with Crippen LogP contribution >= 0.6 is 0 Å². The number of rotatable bonds is 4. The second kappa shape index (κ2) is 7.29. The first kappa shape index (κ1) is 14.9. The van der Waals surface area contributed by atoms with Crippen molar-refractivity contribution in [3.63, 3.8) is 0 Å². The summed E-state index contributed by atoms with van der Waals surface area (Å²) >= 11 is 0. The van der Waals surface area contributed by atoms with Gasteiger partial charge in [-0.2, -0.15) is 0 Å². The molecule has 0 aromatic heterocycles. The number of carbonyl (C=O) groups excluding carboxylic acids is 1. The lowest BCUT2D eigenvalue weighted by atomic mass is 10.1. The predicted molar refractivity (Wildman–Crippen MR) is 80.1 cm³/mol. The van der Waals surface area contributed by atoms with Crippen molar-refractivity contribution < 1.29 is 9.53 Å². The number of hydrogen-bond acceptors (Lipinski definition) is 3. The van der Waals surface area contributed by atoms with Gasteiger partial charge in [0.05, 0.1) is 13.0 Å². The van der Waals surface area contributed by atoms with Gasteiger partial charge in [-0.05, 0) is 44.0 Å². The van der Waals surface area contributed by atoms with Crippen molar-refractivity contribution in [3.05, 3.63) is 29.3 Å². The van der Waals surface area contributed by atoms with Crippen molar-refractivity contribution in [2.24, 2.45) is 0 Å². The van der Waals surface area contributed by atoms with Crippen LogP contribution in [0.25, 0.3) is 0 Å². The molecule has 110 valence electrons. The van der Waals surface area contributed by atoms with E-state index in [9.17, 15) is 4.79 Å². The van der Waals surface area contributed by atoms with Crippen LogP contribution < -0.4 is 10.1 Å². The normalized spacial score (nSPS) is 15.8. The van der Waals surface area contributed by atoms with Crippen molar-refractivity contribution in [1.29, 1.82) is 0 Å². The van der Waals surface area contributed by atoms with Crippen LogP contribution in [0.2, 0.25) is 0 Å². The molecular formula is C16H24N2O2. The quantitative estimate of drug-likeness (QED) is 0.911. The fourth-order valence-electron chi connectivity index (χ4n) is 2.52. The average molecular weight is 276 g/mol. The molecule has 0 radical (unpaired) electrons. The summed E-state index contributed by atoms with van der Waals surface area (Å²) in [6.07, 6.45) is 1.52. The summed E-state index contributed by atoms with van der Waals surface area (Å²) in [4.78, 5) is 14.3. The van der Waals surface area contributed by atoms with Crippen molar-refractivity contribution in [2.45, 2.75) is 26.7 Å². The molecule has 0 bridgehead atoms. The van der Waals surface area contributed by atoms with Crippen molar-refractivity contribution in [1.82, 2.24) is 10.2 Å². The fraction of sp³-hybridized carbons (Fsp3) is 0.562. The van der Waals surface area contributed by atoms with Gasteiger partial charge in [0.25, 0.3) is 0 Å². The molecule has 4 nitrogen and oxygen atoms in total. The molecule has 1 aromatic carbocycles. The lowest BCUT2D eigenvalue weighted by molar-refractivity contribution is -0.130. The molecule has 0 atom stereocenters. The van der Waals surface area contributed by atoms with E-state index in [4.69, 9.17) is 4.74 Å².